The Labute approximate surface area is 146 Å². The number of aryl methyl sites for hydroxylation is 1. The Morgan fingerprint density at radius 3 is 2.76 bits per heavy atom. The first-order valence-electron chi connectivity index (χ1n) is 8.80. The van der Waals surface area contributed by atoms with Crippen LogP contribution in [0.4, 0.5) is 5.69 Å². The number of H-pyrrole nitrogens is 1. The molecule has 0 bridgehead atoms. The summed E-state index contributed by atoms with van der Waals surface area (Å²) < 4.78 is 0. The summed E-state index contributed by atoms with van der Waals surface area (Å²) in [6.07, 6.45) is 5.36. The van der Waals surface area contributed by atoms with Crippen LogP contribution < -0.4 is 5.32 Å². The Kier molecular flexibility index (Phi) is 3.60. The van der Waals surface area contributed by atoms with E-state index in [4.69, 9.17) is 0 Å². The number of rotatable bonds is 4. The van der Waals surface area contributed by atoms with Crippen molar-refractivity contribution in [2.45, 2.75) is 45.4 Å². The van der Waals surface area contributed by atoms with Gasteiger partial charge in [-0.1, -0.05) is 19.4 Å². The van der Waals surface area contributed by atoms with Gasteiger partial charge in [0.1, 0.15) is 5.69 Å². The molecule has 2 aromatic heterocycles. The first-order chi connectivity index (χ1) is 12.0. The molecule has 0 saturated heterocycles. The van der Waals surface area contributed by atoms with E-state index < -0.39 is 5.41 Å². The number of amides is 1. The predicted octanol–water partition coefficient (Wildman–Crippen LogP) is 4.20. The van der Waals surface area contributed by atoms with Gasteiger partial charge in [-0.05, 0) is 56.0 Å². The minimum atomic E-state index is -0.520. The summed E-state index contributed by atoms with van der Waals surface area (Å²) >= 11 is 0. The summed E-state index contributed by atoms with van der Waals surface area (Å²) in [6, 6.07) is 8.10. The molecule has 2 N–H and O–H groups in total. The molecule has 0 radical (unpaired) electrons. The summed E-state index contributed by atoms with van der Waals surface area (Å²) in [5.41, 5.74) is 5.18. The molecule has 1 aromatic carbocycles. The number of hydrogen-bond donors (Lipinski definition) is 2. The molecule has 25 heavy (non-hydrogen) atoms. The van der Waals surface area contributed by atoms with Gasteiger partial charge >= 0.3 is 0 Å². The number of anilines is 1. The fourth-order valence-electron chi connectivity index (χ4n) is 3.29. The second-order valence-electron chi connectivity index (χ2n) is 7.23. The number of imidazole rings is 1. The Morgan fingerprint density at radius 1 is 1.20 bits per heavy atom. The zero-order chi connectivity index (χ0) is 17.6. The van der Waals surface area contributed by atoms with Crippen molar-refractivity contribution >= 4 is 22.6 Å². The topological polar surface area (TPSA) is 70.7 Å². The number of carbonyl (C=O) groups excluding carboxylic acids is 1. The third kappa shape index (κ3) is 2.60. The maximum absolute atomic E-state index is 12.1. The second kappa shape index (κ2) is 5.69. The van der Waals surface area contributed by atoms with E-state index in [0.717, 1.165) is 40.2 Å². The number of nitrogens with one attached hydrogen (secondary N) is 2. The number of unbranched alkanes of at least 4 members (excludes halogenated alkanes) is 1. The molecule has 1 amide bonds. The summed E-state index contributed by atoms with van der Waals surface area (Å²) in [5.74, 6) is 0.782. The highest BCUT2D eigenvalue weighted by Crippen LogP contribution is 2.39. The number of benzene rings is 1. The van der Waals surface area contributed by atoms with Crippen LogP contribution in [-0.2, 0) is 16.6 Å². The second-order valence-corrected chi connectivity index (χ2v) is 7.23. The van der Waals surface area contributed by atoms with Gasteiger partial charge < -0.3 is 10.3 Å². The molecule has 0 fully saturated rings. The lowest BCUT2D eigenvalue weighted by molar-refractivity contribution is -0.119. The molecule has 5 heteroatoms. The number of carbonyl (C=O) groups is 1. The summed E-state index contributed by atoms with van der Waals surface area (Å²) in [7, 11) is 0. The van der Waals surface area contributed by atoms with E-state index in [-0.39, 0.29) is 5.91 Å². The highest BCUT2D eigenvalue weighted by molar-refractivity contribution is 6.07. The monoisotopic (exact) mass is 334 g/mol. The van der Waals surface area contributed by atoms with Crippen molar-refractivity contribution in [3.05, 3.63) is 41.6 Å². The minimum Gasteiger partial charge on any atom is -0.337 e. The van der Waals surface area contributed by atoms with Gasteiger partial charge in [-0.15, -0.1) is 0 Å². The number of aromatic nitrogens is 3. The van der Waals surface area contributed by atoms with Crippen molar-refractivity contribution < 1.29 is 4.79 Å². The lowest BCUT2D eigenvalue weighted by atomic mass is 9.86. The molecule has 1 aliphatic heterocycles. The van der Waals surface area contributed by atoms with Crippen LogP contribution in [0.5, 0.6) is 0 Å². The van der Waals surface area contributed by atoms with Crippen LogP contribution in [0.25, 0.3) is 22.6 Å². The normalized spacial score (nSPS) is 15.4. The highest BCUT2D eigenvalue weighted by Gasteiger charge is 2.38. The van der Waals surface area contributed by atoms with Crippen molar-refractivity contribution in [2.75, 3.05) is 5.32 Å². The zero-order valence-corrected chi connectivity index (χ0v) is 14.8. The zero-order valence-electron chi connectivity index (χ0n) is 14.8. The fraction of sp³-hybridized carbons (Fsp3) is 0.350. The van der Waals surface area contributed by atoms with Crippen molar-refractivity contribution in [1.82, 2.24) is 15.0 Å². The van der Waals surface area contributed by atoms with Crippen molar-refractivity contribution in [1.29, 1.82) is 0 Å². The van der Waals surface area contributed by atoms with E-state index >= 15 is 0 Å². The van der Waals surface area contributed by atoms with Crippen molar-refractivity contribution in [3.8, 4) is 11.5 Å². The molecule has 0 atom stereocenters. The van der Waals surface area contributed by atoms with E-state index in [0.29, 0.717) is 0 Å². The Bertz CT molecular complexity index is 954. The van der Waals surface area contributed by atoms with E-state index in [2.05, 4.69) is 33.3 Å². The van der Waals surface area contributed by atoms with E-state index in [9.17, 15) is 4.79 Å². The van der Waals surface area contributed by atoms with Gasteiger partial charge in [0.05, 0.1) is 16.4 Å². The van der Waals surface area contributed by atoms with Crippen LogP contribution in [0.15, 0.2) is 30.5 Å². The third-order valence-corrected chi connectivity index (χ3v) is 5.00. The lowest BCUT2D eigenvalue weighted by Crippen LogP contribution is -2.26. The molecule has 0 unspecified atom stereocenters. The first kappa shape index (κ1) is 15.8. The maximum Gasteiger partial charge on any atom is 0.234 e. The van der Waals surface area contributed by atoms with Gasteiger partial charge in [-0.25, -0.2) is 4.98 Å². The van der Waals surface area contributed by atoms with Crippen molar-refractivity contribution in [2.24, 2.45) is 0 Å². The largest absolute Gasteiger partial charge is 0.337 e. The molecule has 1 aliphatic rings. The number of aromatic amines is 1. The van der Waals surface area contributed by atoms with E-state index in [1.807, 2.05) is 38.2 Å². The summed E-state index contributed by atoms with van der Waals surface area (Å²) in [5, 5.41) is 2.95. The molecule has 4 rings (SSSR count). The fourth-order valence-corrected chi connectivity index (χ4v) is 3.29. The van der Waals surface area contributed by atoms with Crippen LogP contribution in [0, 0.1) is 0 Å². The Morgan fingerprint density at radius 2 is 2.04 bits per heavy atom. The van der Waals surface area contributed by atoms with Crippen LogP contribution in [0.1, 0.15) is 44.7 Å². The SMILES string of the molecule is CCCCc1ccc(-c2nc3cc4c(cc3[nH]2)C(C)(C)C(=O)N4)nc1. The number of fused-ring (bicyclic) bond motifs is 2. The van der Waals surface area contributed by atoms with Gasteiger partial charge in [-0.2, -0.15) is 0 Å². The average molecular weight is 334 g/mol. The molecule has 3 aromatic rings. The van der Waals surface area contributed by atoms with Gasteiger partial charge in [0, 0.05) is 11.9 Å². The summed E-state index contributed by atoms with van der Waals surface area (Å²) in [4.78, 5) is 24.7. The Balaban J connectivity index is 1.70. The average Bonchev–Trinajstić information content (AvgIpc) is 3.11. The molecule has 128 valence electrons. The predicted molar refractivity (Wildman–Crippen MR) is 99.6 cm³/mol. The van der Waals surface area contributed by atoms with Crippen LogP contribution in [-0.4, -0.2) is 20.9 Å². The quantitative estimate of drug-likeness (QED) is 0.751. The highest BCUT2D eigenvalue weighted by atomic mass is 16.2. The molecule has 0 spiro atoms. The van der Waals surface area contributed by atoms with Crippen LogP contribution in [0.3, 0.4) is 0 Å². The molecule has 3 heterocycles. The molecule has 5 nitrogen and oxygen atoms in total. The maximum atomic E-state index is 12.1. The standard InChI is InChI=1S/C20H22N4O/c1-4-5-6-12-7-8-14(21-11-12)18-22-16-9-13-15(10-17(16)23-18)24-19(25)20(13,2)3/h7-11H,4-6H2,1-3H3,(H,22,23)(H,24,25). The number of hydrogen-bond acceptors (Lipinski definition) is 3. The lowest BCUT2D eigenvalue weighted by Gasteiger charge is -2.14. The van der Waals surface area contributed by atoms with Crippen LogP contribution in [0.2, 0.25) is 0 Å². The van der Waals surface area contributed by atoms with Gasteiger partial charge in [0.25, 0.3) is 0 Å². The Hall–Kier alpha value is -2.69. The van der Waals surface area contributed by atoms with Crippen molar-refractivity contribution in [3.63, 3.8) is 0 Å². The van der Waals surface area contributed by atoms with E-state index in [1.54, 1.807) is 0 Å². The smallest absolute Gasteiger partial charge is 0.234 e. The minimum absolute atomic E-state index is 0.0275. The number of pyridine rings is 1. The molecule has 0 saturated carbocycles. The van der Waals surface area contributed by atoms with Gasteiger partial charge in [0.2, 0.25) is 5.91 Å². The summed E-state index contributed by atoms with van der Waals surface area (Å²) in [6.45, 7) is 6.07. The first-order valence-corrected chi connectivity index (χ1v) is 8.80. The van der Waals surface area contributed by atoms with Crippen LogP contribution >= 0.6 is 0 Å². The molecular formula is C20H22N4O. The third-order valence-electron chi connectivity index (χ3n) is 5.00. The molecular weight excluding hydrogens is 312 g/mol. The van der Waals surface area contributed by atoms with Gasteiger partial charge in [0.15, 0.2) is 5.82 Å². The number of nitrogens with zero attached hydrogens (tertiary/aromatic N) is 2. The molecule has 0 aliphatic carbocycles. The van der Waals surface area contributed by atoms with E-state index in [1.165, 1.54) is 18.4 Å². The van der Waals surface area contributed by atoms with Gasteiger partial charge in [-0.3, -0.25) is 9.78 Å².